The highest BCUT2D eigenvalue weighted by Gasteiger charge is 2.40. The number of likely N-dealkylation sites (tertiary alicyclic amines) is 1. The molecule has 22 heavy (non-hydrogen) atoms. The number of halogens is 1. The third-order valence-corrected chi connectivity index (χ3v) is 4.92. The Balaban J connectivity index is 2.88. The van der Waals surface area contributed by atoms with E-state index in [0.717, 1.165) is 19.3 Å². The maximum absolute atomic E-state index is 12.4. The first-order valence-electron chi connectivity index (χ1n) is 7.79. The molecule has 6 heteroatoms. The summed E-state index contributed by atoms with van der Waals surface area (Å²) in [4.78, 5) is 14.1. The highest BCUT2D eigenvalue weighted by molar-refractivity contribution is 14.1. The highest BCUT2D eigenvalue weighted by atomic mass is 127. The van der Waals surface area contributed by atoms with Crippen molar-refractivity contribution in [2.45, 2.75) is 56.0 Å². The average Bonchev–Trinajstić information content (AvgIpc) is 2.34. The molecule has 1 fully saturated rings. The molecule has 1 aliphatic rings. The Hall–Kier alpha value is -0.0800. The van der Waals surface area contributed by atoms with E-state index >= 15 is 0 Å². The normalized spacial score (nSPS) is 30.6. The van der Waals surface area contributed by atoms with Gasteiger partial charge in [0.15, 0.2) is 0 Å². The van der Waals surface area contributed by atoms with Crippen LogP contribution >= 0.6 is 22.6 Å². The molecule has 0 aromatic heterocycles. The first kappa shape index (κ1) is 20.0. The van der Waals surface area contributed by atoms with Gasteiger partial charge in [0.05, 0.1) is 13.2 Å². The second-order valence-electron chi connectivity index (χ2n) is 7.65. The lowest BCUT2D eigenvalue weighted by Crippen LogP contribution is -2.47. The second kappa shape index (κ2) is 7.66. The van der Waals surface area contributed by atoms with Gasteiger partial charge in [-0.15, -0.1) is 0 Å². The Morgan fingerprint density at radius 1 is 1.32 bits per heavy atom. The van der Waals surface area contributed by atoms with Crippen LogP contribution in [0, 0.1) is 5.41 Å². The van der Waals surface area contributed by atoms with Gasteiger partial charge < -0.3 is 19.5 Å². The van der Waals surface area contributed by atoms with Gasteiger partial charge in [0.1, 0.15) is 5.60 Å². The van der Waals surface area contributed by atoms with Gasteiger partial charge in [0.25, 0.3) is 0 Å². The summed E-state index contributed by atoms with van der Waals surface area (Å²) in [6.07, 6.45) is 2.20. The summed E-state index contributed by atoms with van der Waals surface area (Å²) in [7, 11) is 1.66. The third-order valence-electron chi connectivity index (χ3n) is 4.00. The summed E-state index contributed by atoms with van der Waals surface area (Å²) in [6.45, 7) is 9.65. The third kappa shape index (κ3) is 6.20. The van der Waals surface area contributed by atoms with Crippen molar-refractivity contribution < 1.29 is 19.4 Å². The minimum atomic E-state index is -0.492. The number of carbonyl (C=O) groups excluding carboxylic acids is 1. The topological polar surface area (TPSA) is 59.0 Å². The zero-order valence-electron chi connectivity index (χ0n) is 14.4. The Morgan fingerprint density at radius 3 is 2.41 bits per heavy atom. The number of aliphatic hydroxyl groups is 1. The molecule has 1 saturated heterocycles. The van der Waals surface area contributed by atoms with Crippen LogP contribution in [0.5, 0.6) is 0 Å². The van der Waals surface area contributed by atoms with Crippen molar-refractivity contribution in [3.8, 4) is 0 Å². The predicted molar refractivity (Wildman–Crippen MR) is 95.5 cm³/mol. The lowest BCUT2D eigenvalue weighted by molar-refractivity contribution is -0.0126. The molecule has 0 aromatic carbocycles. The molecule has 1 amide bonds. The van der Waals surface area contributed by atoms with E-state index in [-0.39, 0.29) is 21.5 Å². The van der Waals surface area contributed by atoms with Crippen LogP contribution in [0.15, 0.2) is 0 Å². The van der Waals surface area contributed by atoms with Gasteiger partial charge in [-0.3, -0.25) is 0 Å². The van der Waals surface area contributed by atoms with Gasteiger partial charge in [-0.05, 0) is 40.0 Å². The summed E-state index contributed by atoms with van der Waals surface area (Å²) in [5.74, 6) is 0. The summed E-state index contributed by atoms with van der Waals surface area (Å²) < 4.78 is 10.9. The Bertz CT molecular complexity index is 381. The molecular formula is C16H30INO4. The van der Waals surface area contributed by atoms with E-state index in [1.54, 1.807) is 12.0 Å². The number of ether oxygens (including phenoxy) is 2. The first-order chi connectivity index (χ1) is 10.0. The van der Waals surface area contributed by atoms with E-state index in [1.807, 2.05) is 20.8 Å². The molecule has 1 N–H and O–H groups in total. The molecule has 1 unspecified atom stereocenters. The van der Waals surface area contributed by atoms with Crippen LogP contribution in [0.1, 0.15) is 47.0 Å². The minimum absolute atomic E-state index is 0.0136. The van der Waals surface area contributed by atoms with Crippen LogP contribution in [0.2, 0.25) is 0 Å². The van der Waals surface area contributed by atoms with Crippen molar-refractivity contribution in [3.63, 3.8) is 0 Å². The highest BCUT2D eigenvalue weighted by Crippen LogP contribution is 2.41. The van der Waals surface area contributed by atoms with Crippen molar-refractivity contribution in [1.29, 1.82) is 0 Å². The van der Waals surface area contributed by atoms with E-state index in [9.17, 15) is 9.90 Å². The molecule has 1 rings (SSSR count). The minimum Gasteiger partial charge on any atom is -0.444 e. The van der Waals surface area contributed by atoms with Crippen LogP contribution in [0.25, 0.3) is 0 Å². The fraction of sp³-hybridized carbons (Fsp3) is 0.938. The SMILES string of the molecule is COC[C@@]1(CO)CCN(C(=O)OC(C)(C)C)CCC(C)(I)C1. The van der Waals surface area contributed by atoms with Crippen molar-refractivity contribution in [1.82, 2.24) is 4.90 Å². The number of amides is 1. The molecule has 2 atom stereocenters. The molecule has 1 heterocycles. The van der Waals surface area contributed by atoms with Gasteiger partial charge in [0.2, 0.25) is 0 Å². The number of carbonyl (C=O) groups is 1. The largest absolute Gasteiger partial charge is 0.444 e. The van der Waals surface area contributed by atoms with E-state index < -0.39 is 5.60 Å². The molecular weight excluding hydrogens is 397 g/mol. The molecule has 0 saturated carbocycles. The molecule has 1 aliphatic heterocycles. The number of aliphatic hydroxyl groups excluding tert-OH is 1. The lowest BCUT2D eigenvalue weighted by atomic mass is 9.76. The molecule has 0 aromatic rings. The Labute approximate surface area is 147 Å². The summed E-state index contributed by atoms with van der Waals surface area (Å²) >= 11 is 2.44. The molecule has 0 aliphatic carbocycles. The zero-order valence-corrected chi connectivity index (χ0v) is 16.6. The van der Waals surface area contributed by atoms with Crippen LogP contribution in [0.3, 0.4) is 0 Å². The standard InChI is InChI=1S/C16H30INO4/c1-14(2,3)22-13(20)18-8-6-15(4,17)10-16(11-19,7-9-18)12-21-5/h19H,6-12H2,1-5H3/t15?,16-/m0/s1. The van der Waals surface area contributed by atoms with Crippen molar-refractivity contribution in [2.75, 3.05) is 33.4 Å². The number of alkyl halides is 1. The van der Waals surface area contributed by atoms with Crippen molar-refractivity contribution in [3.05, 3.63) is 0 Å². The number of rotatable bonds is 3. The number of hydrogen-bond donors (Lipinski definition) is 1. The van der Waals surface area contributed by atoms with Gasteiger partial charge in [-0.1, -0.05) is 29.5 Å². The number of hydrogen-bond acceptors (Lipinski definition) is 4. The summed E-state index contributed by atoms with van der Waals surface area (Å²) in [5, 5.41) is 9.91. The van der Waals surface area contributed by atoms with Crippen LogP contribution in [0.4, 0.5) is 4.79 Å². The maximum Gasteiger partial charge on any atom is 0.410 e. The van der Waals surface area contributed by atoms with Crippen LogP contribution in [-0.2, 0) is 9.47 Å². The molecule has 0 radical (unpaired) electrons. The van der Waals surface area contributed by atoms with E-state index in [0.29, 0.717) is 19.7 Å². The second-order valence-corrected chi connectivity index (χ2v) is 10.3. The van der Waals surface area contributed by atoms with Gasteiger partial charge >= 0.3 is 6.09 Å². The predicted octanol–water partition coefficient (Wildman–Crippen LogP) is 3.23. The average molecular weight is 427 g/mol. The summed E-state index contributed by atoms with van der Waals surface area (Å²) in [6, 6.07) is 0. The van der Waals surface area contributed by atoms with Crippen LogP contribution < -0.4 is 0 Å². The summed E-state index contributed by atoms with van der Waals surface area (Å²) in [5.41, 5.74) is -0.793. The lowest BCUT2D eigenvalue weighted by Gasteiger charge is -2.42. The maximum atomic E-state index is 12.4. The molecule has 5 nitrogen and oxygen atoms in total. The number of methoxy groups -OCH3 is 1. The molecule has 0 spiro atoms. The van der Waals surface area contributed by atoms with Gasteiger partial charge in [-0.2, -0.15) is 0 Å². The van der Waals surface area contributed by atoms with Gasteiger partial charge in [0, 0.05) is 29.0 Å². The van der Waals surface area contributed by atoms with E-state index in [2.05, 4.69) is 29.5 Å². The quantitative estimate of drug-likeness (QED) is 0.555. The Kier molecular flexibility index (Phi) is 6.95. The monoisotopic (exact) mass is 427 g/mol. The fourth-order valence-corrected chi connectivity index (χ4v) is 3.98. The van der Waals surface area contributed by atoms with Crippen molar-refractivity contribution >= 4 is 28.7 Å². The van der Waals surface area contributed by atoms with Gasteiger partial charge in [-0.25, -0.2) is 4.79 Å². The van der Waals surface area contributed by atoms with E-state index in [1.165, 1.54) is 0 Å². The zero-order chi connectivity index (χ0) is 17.0. The fourth-order valence-electron chi connectivity index (χ4n) is 2.93. The first-order valence-corrected chi connectivity index (χ1v) is 8.87. The van der Waals surface area contributed by atoms with E-state index in [4.69, 9.17) is 9.47 Å². The smallest absolute Gasteiger partial charge is 0.410 e. The number of nitrogens with zero attached hydrogens (tertiary/aromatic N) is 1. The molecule has 0 bridgehead atoms. The molecule has 130 valence electrons. The van der Waals surface area contributed by atoms with Crippen molar-refractivity contribution in [2.24, 2.45) is 5.41 Å². The van der Waals surface area contributed by atoms with Crippen LogP contribution in [-0.4, -0.2) is 58.5 Å². The Morgan fingerprint density at radius 2 is 1.91 bits per heavy atom.